The predicted octanol–water partition coefficient (Wildman–Crippen LogP) is 5.46. The van der Waals surface area contributed by atoms with Crippen LogP contribution in [0.2, 0.25) is 5.02 Å². The molecule has 3 heterocycles. The van der Waals surface area contributed by atoms with Gasteiger partial charge < -0.3 is 14.3 Å². The summed E-state index contributed by atoms with van der Waals surface area (Å²) >= 11 is 9.38. The number of aromatic hydroxyl groups is 1. The van der Waals surface area contributed by atoms with Crippen LogP contribution in [0.4, 0.5) is 5.82 Å². The fraction of sp³-hybridized carbons (Fsp3) is 0.125. The Kier molecular flexibility index (Phi) is 5.34. The molecule has 1 aliphatic rings. The van der Waals surface area contributed by atoms with Crippen LogP contribution < -0.4 is 15.1 Å². The summed E-state index contributed by atoms with van der Waals surface area (Å²) in [6.45, 7) is 2.13. The summed E-state index contributed by atoms with van der Waals surface area (Å²) in [5.41, 5.74) is 0.728. The maximum atomic E-state index is 13.6. The van der Waals surface area contributed by atoms with Crippen LogP contribution in [0.5, 0.6) is 11.5 Å². The summed E-state index contributed by atoms with van der Waals surface area (Å²) in [5.74, 6) is -0.0551. The Morgan fingerprint density at radius 2 is 2.00 bits per heavy atom. The lowest BCUT2D eigenvalue weighted by Gasteiger charge is -2.24. The van der Waals surface area contributed by atoms with Crippen LogP contribution in [-0.4, -0.2) is 22.6 Å². The fourth-order valence-corrected chi connectivity index (χ4v) is 4.45. The number of carbonyl (C=O) groups is 1. The number of halogens is 2. The maximum Gasteiger partial charge on any atom is 0.296 e. The average Bonchev–Trinajstić information content (AvgIpc) is 3.09. The second kappa shape index (κ2) is 8.20. The van der Waals surface area contributed by atoms with Crippen molar-refractivity contribution in [1.29, 1.82) is 0 Å². The minimum Gasteiger partial charge on any atom is -0.504 e. The molecule has 2 aromatic heterocycles. The van der Waals surface area contributed by atoms with Crippen LogP contribution in [0.15, 0.2) is 68.4 Å². The van der Waals surface area contributed by atoms with Gasteiger partial charge in [0.05, 0.1) is 28.6 Å². The van der Waals surface area contributed by atoms with Gasteiger partial charge in [-0.1, -0.05) is 33.6 Å². The molecular formula is C24H16BrClN2O5. The number of nitrogens with zero attached hydrogens (tertiary/aromatic N) is 2. The Hall–Kier alpha value is -3.36. The molecule has 1 aliphatic heterocycles. The molecule has 1 amide bonds. The number of pyridine rings is 1. The van der Waals surface area contributed by atoms with Gasteiger partial charge in [0.2, 0.25) is 5.76 Å². The van der Waals surface area contributed by atoms with E-state index in [9.17, 15) is 14.7 Å². The van der Waals surface area contributed by atoms with Gasteiger partial charge in [-0.05, 0) is 55.0 Å². The Labute approximate surface area is 201 Å². The van der Waals surface area contributed by atoms with Gasteiger partial charge in [0.1, 0.15) is 11.4 Å². The molecule has 1 N–H and O–H groups in total. The molecule has 1 unspecified atom stereocenters. The molecule has 7 nitrogen and oxygen atoms in total. The number of phenols is 1. The minimum atomic E-state index is -0.847. The molecule has 0 saturated carbocycles. The Bertz CT molecular complexity index is 1470. The van der Waals surface area contributed by atoms with Crippen LogP contribution in [-0.2, 0) is 0 Å². The van der Waals surface area contributed by atoms with Gasteiger partial charge >= 0.3 is 0 Å². The van der Waals surface area contributed by atoms with Crippen LogP contribution in [0.25, 0.3) is 11.0 Å². The van der Waals surface area contributed by atoms with Gasteiger partial charge in [-0.15, -0.1) is 0 Å². The number of phenolic OH excluding ortho intramolecular Hbond substituents is 1. The highest BCUT2D eigenvalue weighted by molar-refractivity contribution is 9.10. The van der Waals surface area contributed by atoms with Crippen molar-refractivity contribution in [1.82, 2.24) is 4.98 Å². The molecule has 9 heteroatoms. The molecule has 0 spiro atoms. The van der Waals surface area contributed by atoms with Crippen LogP contribution in [0.3, 0.4) is 0 Å². The molecule has 2 aromatic carbocycles. The van der Waals surface area contributed by atoms with Crippen molar-refractivity contribution in [2.24, 2.45) is 0 Å². The molecule has 166 valence electrons. The number of fused-ring (bicyclic) bond motifs is 2. The van der Waals surface area contributed by atoms with Gasteiger partial charge in [0.25, 0.3) is 5.91 Å². The van der Waals surface area contributed by atoms with Gasteiger partial charge in [-0.3, -0.25) is 14.5 Å². The first kappa shape index (κ1) is 21.5. The first-order chi connectivity index (χ1) is 15.9. The van der Waals surface area contributed by atoms with Crippen LogP contribution in [0.1, 0.15) is 34.6 Å². The van der Waals surface area contributed by atoms with Crippen molar-refractivity contribution >= 4 is 50.2 Å². The second-order valence-electron chi connectivity index (χ2n) is 7.39. The molecule has 0 fully saturated rings. The first-order valence-electron chi connectivity index (χ1n) is 10.1. The Balaban J connectivity index is 1.80. The third-order valence-electron chi connectivity index (χ3n) is 5.39. The number of rotatable bonds is 4. The van der Waals surface area contributed by atoms with Crippen molar-refractivity contribution in [3.63, 3.8) is 0 Å². The van der Waals surface area contributed by atoms with Crippen molar-refractivity contribution in [2.45, 2.75) is 13.0 Å². The molecular weight excluding hydrogens is 512 g/mol. The van der Waals surface area contributed by atoms with Gasteiger partial charge in [0.15, 0.2) is 16.9 Å². The van der Waals surface area contributed by atoms with E-state index in [1.807, 2.05) is 0 Å². The number of hydrogen-bond donors (Lipinski definition) is 1. The van der Waals surface area contributed by atoms with Crippen LogP contribution >= 0.6 is 27.5 Å². The predicted molar refractivity (Wildman–Crippen MR) is 127 cm³/mol. The monoisotopic (exact) mass is 526 g/mol. The van der Waals surface area contributed by atoms with Crippen molar-refractivity contribution in [2.75, 3.05) is 11.5 Å². The maximum absolute atomic E-state index is 13.6. The smallest absolute Gasteiger partial charge is 0.296 e. The zero-order chi connectivity index (χ0) is 23.3. The number of ether oxygens (including phenoxy) is 1. The van der Waals surface area contributed by atoms with Crippen molar-refractivity contribution in [3.05, 3.63) is 91.3 Å². The number of benzene rings is 2. The highest BCUT2D eigenvalue weighted by Gasteiger charge is 2.44. The average molecular weight is 528 g/mol. The summed E-state index contributed by atoms with van der Waals surface area (Å²) in [6, 6.07) is 12.1. The molecule has 33 heavy (non-hydrogen) atoms. The van der Waals surface area contributed by atoms with E-state index in [0.29, 0.717) is 38.5 Å². The molecule has 0 bridgehead atoms. The first-order valence-corrected chi connectivity index (χ1v) is 11.2. The topological polar surface area (TPSA) is 92.9 Å². The van der Waals surface area contributed by atoms with Gasteiger partial charge in [-0.2, -0.15) is 0 Å². The lowest BCUT2D eigenvalue weighted by Crippen LogP contribution is -2.30. The number of anilines is 1. The normalized spacial score (nSPS) is 15.2. The minimum absolute atomic E-state index is 0.0456. The van der Waals surface area contributed by atoms with Gasteiger partial charge in [-0.25, -0.2) is 4.98 Å². The molecule has 0 saturated heterocycles. The van der Waals surface area contributed by atoms with E-state index in [2.05, 4.69) is 20.9 Å². The molecule has 0 aliphatic carbocycles. The molecule has 4 aromatic rings. The number of aromatic nitrogens is 1. The van der Waals surface area contributed by atoms with E-state index in [4.69, 9.17) is 20.8 Å². The van der Waals surface area contributed by atoms with Crippen molar-refractivity contribution < 1.29 is 19.1 Å². The van der Waals surface area contributed by atoms with E-state index in [0.717, 1.165) is 0 Å². The van der Waals surface area contributed by atoms with Crippen LogP contribution in [0, 0.1) is 0 Å². The zero-order valence-corrected chi connectivity index (χ0v) is 19.6. The highest BCUT2D eigenvalue weighted by atomic mass is 79.9. The van der Waals surface area contributed by atoms with E-state index < -0.39 is 11.9 Å². The number of hydrogen-bond acceptors (Lipinski definition) is 6. The summed E-state index contributed by atoms with van der Waals surface area (Å²) in [4.78, 5) is 32.9. The van der Waals surface area contributed by atoms with Gasteiger partial charge in [0, 0.05) is 10.7 Å². The highest BCUT2D eigenvalue weighted by Crippen LogP contribution is 2.42. The lowest BCUT2D eigenvalue weighted by atomic mass is 9.98. The second-order valence-corrected chi connectivity index (χ2v) is 8.74. The molecule has 0 radical (unpaired) electrons. The summed E-state index contributed by atoms with van der Waals surface area (Å²) in [6.07, 6.45) is 1.43. The third kappa shape index (κ3) is 3.55. The van der Waals surface area contributed by atoms with E-state index in [1.165, 1.54) is 17.2 Å². The molecule has 5 rings (SSSR count). The Morgan fingerprint density at radius 3 is 2.73 bits per heavy atom. The van der Waals surface area contributed by atoms with Crippen molar-refractivity contribution in [3.8, 4) is 11.5 Å². The largest absolute Gasteiger partial charge is 0.504 e. The summed E-state index contributed by atoms with van der Waals surface area (Å²) in [5, 5.41) is 10.9. The molecule has 1 atom stereocenters. The third-order valence-corrected chi connectivity index (χ3v) is 6.11. The number of carbonyl (C=O) groups excluding carboxylic acids is 1. The lowest BCUT2D eigenvalue weighted by molar-refractivity contribution is 0.0970. The SMILES string of the molecule is CCOc1cc(C2c3c(oc4ccc(Br)cc4c3=O)C(=O)N2c2ccc(Cl)cn2)ccc1O. The van der Waals surface area contributed by atoms with E-state index >= 15 is 0 Å². The van der Waals surface area contributed by atoms with E-state index in [-0.39, 0.29) is 28.3 Å². The standard InChI is InChI=1S/C24H16BrClN2O5/c1-2-32-18-9-12(3-6-16(18)29)21-20-22(30)15-10-13(25)4-7-17(15)33-23(20)24(31)28(21)19-8-5-14(26)11-27-19/h3-11,21,29H,2H2,1H3. The quantitative estimate of drug-likeness (QED) is 0.379. The summed E-state index contributed by atoms with van der Waals surface area (Å²) < 4.78 is 12.2. The fourth-order valence-electron chi connectivity index (χ4n) is 3.98. The zero-order valence-electron chi connectivity index (χ0n) is 17.2. The van der Waals surface area contributed by atoms with E-state index in [1.54, 1.807) is 49.4 Å². The Morgan fingerprint density at radius 1 is 1.18 bits per heavy atom. The summed E-state index contributed by atoms with van der Waals surface area (Å²) in [7, 11) is 0. The number of amides is 1.